The van der Waals surface area contributed by atoms with Gasteiger partial charge in [-0.3, -0.25) is 4.79 Å². The molecule has 0 aromatic rings. The highest BCUT2D eigenvalue weighted by Crippen LogP contribution is 1.96. The normalized spacial score (nSPS) is 16.1. The molecule has 9 heteroatoms. The van der Waals surface area contributed by atoms with E-state index < -0.39 is 36.9 Å². The third-order valence-corrected chi connectivity index (χ3v) is 2.43. The van der Waals surface area contributed by atoms with Gasteiger partial charge in [-0.1, -0.05) is 6.92 Å². The lowest BCUT2D eigenvalue weighted by Crippen LogP contribution is -2.40. The van der Waals surface area contributed by atoms with Gasteiger partial charge in [-0.05, 0) is 19.4 Å². The van der Waals surface area contributed by atoms with E-state index in [1.165, 1.54) is 0 Å². The largest absolute Gasteiger partial charge is 0.480 e. The van der Waals surface area contributed by atoms with E-state index in [0.717, 1.165) is 6.42 Å². The van der Waals surface area contributed by atoms with Crippen LogP contribution in [0.25, 0.3) is 0 Å². The second-order valence-corrected chi connectivity index (χ2v) is 4.22. The number of aliphatic hydroxyl groups excluding tert-OH is 5. The molecule has 0 aliphatic heterocycles. The first-order valence-electron chi connectivity index (χ1n) is 6.52. The molecule has 0 saturated carbocycles. The Morgan fingerprint density at radius 1 is 1.24 bits per heavy atom. The summed E-state index contributed by atoms with van der Waals surface area (Å²) in [6, 6.07) is -0.597. The van der Waals surface area contributed by atoms with E-state index in [2.05, 4.69) is 5.32 Å². The van der Waals surface area contributed by atoms with Crippen LogP contribution in [0.5, 0.6) is 0 Å². The quantitative estimate of drug-likeness (QED) is 0.209. The summed E-state index contributed by atoms with van der Waals surface area (Å²) >= 11 is 0. The molecule has 0 rings (SSSR count). The molecule has 0 aliphatic carbocycles. The van der Waals surface area contributed by atoms with Gasteiger partial charge in [0.05, 0.1) is 6.61 Å². The Kier molecular flexibility index (Phi) is 14.6. The van der Waals surface area contributed by atoms with Crippen LogP contribution in [0.2, 0.25) is 0 Å². The summed E-state index contributed by atoms with van der Waals surface area (Å²) in [5.41, 5.74) is 0. The maximum absolute atomic E-state index is 10.4. The van der Waals surface area contributed by atoms with Crippen molar-refractivity contribution in [3.8, 4) is 0 Å². The van der Waals surface area contributed by atoms with Gasteiger partial charge in [0, 0.05) is 6.61 Å². The van der Waals surface area contributed by atoms with Gasteiger partial charge in [0.1, 0.15) is 24.4 Å². The van der Waals surface area contributed by atoms with Gasteiger partial charge in [-0.2, -0.15) is 0 Å². The lowest BCUT2D eigenvalue weighted by atomic mass is 10.1. The van der Waals surface area contributed by atoms with Crippen LogP contribution in [0.15, 0.2) is 0 Å². The number of carbonyl (C=O) groups excluding carboxylic acids is 1. The van der Waals surface area contributed by atoms with Crippen LogP contribution in [-0.4, -0.2) is 87.0 Å². The zero-order valence-corrected chi connectivity index (χ0v) is 11.9. The number of nitrogens with one attached hydrogen (secondary N) is 1. The van der Waals surface area contributed by atoms with E-state index in [1.807, 2.05) is 6.92 Å². The third kappa shape index (κ3) is 11.3. The Labute approximate surface area is 122 Å². The first-order chi connectivity index (χ1) is 9.85. The average molecular weight is 311 g/mol. The first kappa shape index (κ1) is 22.2. The van der Waals surface area contributed by atoms with Crippen molar-refractivity contribution >= 4 is 12.3 Å². The topological polar surface area (TPSA) is 168 Å². The molecule has 0 fully saturated rings. The summed E-state index contributed by atoms with van der Waals surface area (Å²) in [6.45, 7) is 1.86. The van der Waals surface area contributed by atoms with Gasteiger partial charge >= 0.3 is 5.97 Å². The molecule has 0 saturated heterocycles. The molecule has 4 unspecified atom stereocenters. The molecule has 7 N–H and O–H groups in total. The lowest BCUT2D eigenvalue weighted by Gasteiger charge is -2.16. The Bertz CT molecular complexity index is 276. The molecule has 9 nitrogen and oxygen atoms in total. The van der Waals surface area contributed by atoms with Crippen LogP contribution < -0.4 is 5.32 Å². The second kappa shape index (κ2) is 13.9. The number of carboxylic acids is 1. The molecule has 0 radical (unpaired) electrons. The van der Waals surface area contributed by atoms with Crippen molar-refractivity contribution in [1.82, 2.24) is 5.32 Å². The van der Waals surface area contributed by atoms with Crippen LogP contribution in [0, 0.1) is 0 Å². The number of aldehydes is 1. The molecule has 0 bridgehead atoms. The first-order valence-corrected chi connectivity index (χ1v) is 6.52. The zero-order valence-electron chi connectivity index (χ0n) is 11.9. The SMILES string of the molecule is CCCNC(CCO)C(=O)O.O=CC(O)C(O)C(O)CO. The number of hydrogen-bond donors (Lipinski definition) is 7. The Morgan fingerprint density at radius 3 is 2.14 bits per heavy atom. The molecule has 0 heterocycles. The maximum atomic E-state index is 10.4. The smallest absolute Gasteiger partial charge is 0.320 e. The molecule has 4 atom stereocenters. The number of hydrogen-bond acceptors (Lipinski definition) is 8. The Hall–Kier alpha value is -1.10. The predicted molar refractivity (Wildman–Crippen MR) is 72.6 cm³/mol. The highest BCUT2D eigenvalue weighted by atomic mass is 16.4. The van der Waals surface area contributed by atoms with Gasteiger partial charge in [0.25, 0.3) is 0 Å². The van der Waals surface area contributed by atoms with Crippen molar-refractivity contribution in [1.29, 1.82) is 0 Å². The molecule has 126 valence electrons. The summed E-state index contributed by atoms with van der Waals surface area (Å²) in [4.78, 5) is 20.2. The maximum Gasteiger partial charge on any atom is 0.320 e. The van der Waals surface area contributed by atoms with Gasteiger partial charge in [-0.25, -0.2) is 0 Å². The summed E-state index contributed by atoms with van der Waals surface area (Å²) in [5.74, 6) is -0.896. The second-order valence-electron chi connectivity index (χ2n) is 4.22. The summed E-state index contributed by atoms with van der Waals surface area (Å²) in [5, 5.41) is 53.9. The van der Waals surface area contributed by atoms with Gasteiger partial charge in [-0.15, -0.1) is 0 Å². The highest BCUT2D eigenvalue weighted by molar-refractivity contribution is 5.73. The van der Waals surface area contributed by atoms with Gasteiger partial charge in [0.15, 0.2) is 6.29 Å². The summed E-state index contributed by atoms with van der Waals surface area (Å²) in [7, 11) is 0. The number of carbonyl (C=O) groups is 2. The molecule has 0 spiro atoms. The van der Waals surface area contributed by atoms with E-state index in [-0.39, 0.29) is 19.3 Å². The van der Waals surface area contributed by atoms with Crippen LogP contribution >= 0.6 is 0 Å². The van der Waals surface area contributed by atoms with Gasteiger partial charge < -0.3 is 40.8 Å². The van der Waals surface area contributed by atoms with Crippen LogP contribution in [0.3, 0.4) is 0 Å². The van der Waals surface area contributed by atoms with Crippen molar-refractivity contribution in [2.75, 3.05) is 19.8 Å². The molecule has 0 aromatic carbocycles. The lowest BCUT2D eigenvalue weighted by molar-refractivity contribution is -0.139. The number of aliphatic hydroxyl groups is 5. The van der Waals surface area contributed by atoms with Crippen molar-refractivity contribution in [2.24, 2.45) is 0 Å². The Balaban J connectivity index is 0. The van der Waals surface area contributed by atoms with E-state index in [9.17, 15) is 9.59 Å². The average Bonchev–Trinajstić information content (AvgIpc) is 2.49. The van der Waals surface area contributed by atoms with E-state index in [1.54, 1.807) is 0 Å². The number of aliphatic carboxylic acids is 1. The van der Waals surface area contributed by atoms with Crippen LogP contribution in [0.1, 0.15) is 19.8 Å². The fourth-order valence-corrected chi connectivity index (χ4v) is 1.18. The van der Waals surface area contributed by atoms with E-state index in [0.29, 0.717) is 6.54 Å². The monoisotopic (exact) mass is 311 g/mol. The minimum Gasteiger partial charge on any atom is -0.480 e. The zero-order chi connectivity index (χ0) is 16.8. The van der Waals surface area contributed by atoms with Crippen LogP contribution in [0.4, 0.5) is 0 Å². The summed E-state index contributed by atoms with van der Waals surface area (Å²) < 4.78 is 0. The standard InChI is InChI=1S/C7H15NO3.C5H10O5/c1-2-4-8-6(3-5-9)7(10)11;6-1-3(8)5(10)4(9)2-7/h6,8-9H,2-5H2,1H3,(H,10,11);1,3-5,7-10H,2H2. The molecule has 21 heavy (non-hydrogen) atoms. The molecule has 0 aromatic heterocycles. The number of carboxylic acid groups (broad SMARTS) is 1. The minimum absolute atomic E-state index is 0.0869. The van der Waals surface area contributed by atoms with Crippen molar-refractivity contribution in [3.05, 3.63) is 0 Å². The fraction of sp³-hybridized carbons (Fsp3) is 0.833. The van der Waals surface area contributed by atoms with E-state index >= 15 is 0 Å². The molecule has 0 aliphatic rings. The highest BCUT2D eigenvalue weighted by Gasteiger charge is 2.22. The van der Waals surface area contributed by atoms with Crippen molar-refractivity contribution in [3.63, 3.8) is 0 Å². The Morgan fingerprint density at radius 2 is 1.81 bits per heavy atom. The molecule has 0 amide bonds. The predicted octanol–water partition coefficient (Wildman–Crippen LogP) is -2.92. The molecular formula is C12H25NO8. The van der Waals surface area contributed by atoms with E-state index in [4.69, 9.17) is 30.6 Å². The van der Waals surface area contributed by atoms with Crippen molar-refractivity contribution in [2.45, 2.75) is 44.1 Å². The van der Waals surface area contributed by atoms with Crippen molar-refractivity contribution < 1.29 is 40.2 Å². The summed E-state index contributed by atoms with van der Waals surface area (Å²) in [6.07, 6.45) is -3.46. The minimum atomic E-state index is -1.64. The number of rotatable bonds is 10. The van der Waals surface area contributed by atoms with Crippen LogP contribution in [-0.2, 0) is 9.59 Å². The molecular weight excluding hydrogens is 286 g/mol. The third-order valence-electron chi connectivity index (χ3n) is 2.43. The fourth-order valence-electron chi connectivity index (χ4n) is 1.18. The van der Waals surface area contributed by atoms with Gasteiger partial charge in [0.2, 0.25) is 0 Å².